The van der Waals surface area contributed by atoms with E-state index >= 15 is 0 Å². The first-order valence-electron chi connectivity index (χ1n) is 5.15. The Bertz CT molecular complexity index is 533. The summed E-state index contributed by atoms with van der Waals surface area (Å²) in [6.07, 6.45) is -7.25. The summed E-state index contributed by atoms with van der Waals surface area (Å²) in [5, 5.41) is 9.26. The molecule has 1 unspecified atom stereocenters. The highest BCUT2D eigenvalue weighted by Gasteiger charge is 2.42. The fourth-order valence-corrected chi connectivity index (χ4v) is 1.78. The molecule has 0 amide bonds. The third kappa shape index (κ3) is 2.00. The van der Waals surface area contributed by atoms with E-state index in [0.29, 0.717) is 17.6 Å². The van der Waals surface area contributed by atoms with Crippen molar-refractivity contribution in [3.63, 3.8) is 0 Å². The Morgan fingerprint density at radius 2 is 2.00 bits per heavy atom. The van der Waals surface area contributed by atoms with Gasteiger partial charge in [0.25, 0.3) is 0 Å². The minimum atomic E-state index is -4.70. The standard InChI is InChI=1S/C11H11F3N2O/c1-2-16-8-6-4-3-5-7(8)15-10(16)9(17)11(12,13)14/h3-6,9,17H,2H2,1H3. The zero-order valence-electron chi connectivity index (χ0n) is 9.07. The average Bonchev–Trinajstić information content (AvgIpc) is 2.64. The van der Waals surface area contributed by atoms with Gasteiger partial charge in [-0.1, -0.05) is 12.1 Å². The number of hydrogen-bond acceptors (Lipinski definition) is 2. The zero-order chi connectivity index (χ0) is 12.6. The second-order valence-corrected chi connectivity index (χ2v) is 3.65. The molecule has 0 radical (unpaired) electrons. The summed E-state index contributed by atoms with van der Waals surface area (Å²) in [7, 11) is 0. The number of fused-ring (bicyclic) bond motifs is 1. The van der Waals surface area contributed by atoms with Crippen LogP contribution in [0.5, 0.6) is 0 Å². The second kappa shape index (κ2) is 4.03. The maximum absolute atomic E-state index is 12.5. The number of aryl methyl sites for hydroxylation is 1. The van der Waals surface area contributed by atoms with Crippen LogP contribution in [0, 0.1) is 0 Å². The molecule has 6 heteroatoms. The fraction of sp³-hybridized carbons (Fsp3) is 0.364. The van der Waals surface area contributed by atoms with Crippen LogP contribution in [0.2, 0.25) is 0 Å². The van der Waals surface area contributed by atoms with Crippen LogP contribution in [-0.4, -0.2) is 20.8 Å². The van der Waals surface area contributed by atoms with Gasteiger partial charge in [-0.3, -0.25) is 0 Å². The van der Waals surface area contributed by atoms with Gasteiger partial charge in [-0.25, -0.2) is 4.98 Å². The van der Waals surface area contributed by atoms with E-state index in [9.17, 15) is 18.3 Å². The summed E-state index contributed by atoms with van der Waals surface area (Å²) in [5.74, 6) is -0.360. The molecule has 17 heavy (non-hydrogen) atoms. The van der Waals surface area contributed by atoms with Crippen molar-refractivity contribution in [1.82, 2.24) is 9.55 Å². The number of hydrogen-bond donors (Lipinski definition) is 1. The molecule has 2 aromatic rings. The molecule has 1 aromatic heterocycles. The zero-order valence-corrected chi connectivity index (χ0v) is 9.07. The topological polar surface area (TPSA) is 38.0 Å². The summed E-state index contributed by atoms with van der Waals surface area (Å²) in [6, 6.07) is 6.71. The SMILES string of the molecule is CCn1c(C(O)C(F)(F)F)nc2ccccc21. The predicted octanol–water partition coefficient (Wildman–Crippen LogP) is 2.65. The van der Waals surface area contributed by atoms with Gasteiger partial charge in [0, 0.05) is 6.54 Å². The van der Waals surface area contributed by atoms with Gasteiger partial charge in [-0.05, 0) is 19.1 Å². The number of aliphatic hydroxyl groups excluding tert-OH is 1. The van der Waals surface area contributed by atoms with Crippen molar-refractivity contribution in [1.29, 1.82) is 0 Å². The van der Waals surface area contributed by atoms with Gasteiger partial charge in [-0.2, -0.15) is 13.2 Å². The smallest absolute Gasteiger partial charge is 0.377 e. The van der Waals surface area contributed by atoms with Crippen molar-refractivity contribution < 1.29 is 18.3 Å². The fourth-order valence-electron chi connectivity index (χ4n) is 1.78. The number of aromatic nitrogens is 2. The molecule has 3 nitrogen and oxygen atoms in total. The monoisotopic (exact) mass is 244 g/mol. The average molecular weight is 244 g/mol. The predicted molar refractivity (Wildman–Crippen MR) is 56.4 cm³/mol. The molecule has 0 saturated heterocycles. The Morgan fingerprint density at radius 1 is 1.35 bits per heavy atom. The van der Waals surface area contributed by atoms with E-state index in [1.165, 1.54) is 4.57 Å². The Morgan fingerprint density at radius 3 is 2.59 bits per heavy atom. The Balaban J connectivity index is 2.61. The van der Waals surface area contributed by atoms with Gasteiger partial charge in [-0.15, -0.1) is 0 Å². The summed E-state index contributed by atoms with van der Waals surface area (Å²) in [4.78, 5) is 3.84. The van der Waals surface area contributed by atoms with Crippen LogP contribution in [0.4, 0.5) is 13.2 Å². The molecule has 0 saturated carbocycles. The van der Waals surface area contributed by atoms with Gasteiger partial charge in [0.2, 0.25) is 6.10 Å². The molecule has 1 N–H and O–H groups in total. The van der Waals surface area contributed by atoms with Crippen molar-refractivity contribution in [3.05, 3.63) is 30.1 Å². The number of imidazole rings is 1. The van der Waals surface area contributed by atoms with Crippen LogP contribution >= 0.6 is 0 Å². The first-order chi connectivity index (χ1) is 7.95. The maximum atomic E-state index is 12.5. The second-order valence-electron chi connectivity index (χ2n) is 3.65. The van der Waals surface area contributed by atoms with Gasteiger partial charge in [0.15, 0.2) is 0 Å². The van der Waals surface area contributed by atoms with Gasteiger partial charge >= 0.3 is 6.18 Å². The van der Waals surface area contributed by atoms with E-state index in [0.717, 1.165) is 0 Å². The minimum Gasteiger partial charge on any atom is -0.377 e. The number of benzene rings is 1. The van der Waals surface area contributed by atoms with Crippen LogP contribution in [0.3, 0.4) is 0 Å². The molecule has 0 aliphatic carbocycles. The van der Waals surface area contributed by atoms with Crippen molar-refractivity contribution >= 4 is 11.0 Å². The molecular weight excluding hydrogens is 233 g/mol. The Labute approximate surface area is 95.5 Å². The highest BCUT2D eigenvalue weighted by molar-refractivity contribution is 5.76. The van der Waals surface area contributed by atoms with Crippen molar-refractivity contribution in [2.75, 3.05) is 0 Å². The molecule has 0 bridgehead atoms. The lowest BCUT2D eigenvalue weighted by molar-refractivity contribution is -0.209. The van der Waals surface area contributed by atoms with Gasteiger partial charge in [0.05, 0.1) is 11.0 Å². The van der Waals surface area contributed by atoms with E-state index < -0.39 is 12.3 Å². The molecule has 92 valence electrons. The minimum absolute atomic E-state index is 0.322. The largest absolute Gasteiger partial charge is 0.421 e. The van der Waals surface area contributed by atoms with E-state index in [1.807, 2.05) is 0 Å². The normalized spacial score (nSPS) is 14.2. The number of para-hydroxylation sites is 2. The molecule has 0 aliphatic heterocycles. The number of rotatable bonds is 2. The van der Waals surface area contributed by atoms with E-state index in [2.05, 4.69) is 4.98 Å². The summed E-state index contributed by atoms with van der Waals surface area (Å²) in [6.45, 7) is 2.03. The highest BCUT2D eigenvalue weighted by atomic mass is 19.4. The van der Waals surface area contributed by atoms with E-state index in [4.69, 9.17) is 0 Å². The lowest BCUT2D eigenvalue weighted by Gasteiger charge is -2.15. The van der Waals surface area contributed by atoms with Gasteiger partial charge in [0.1, 0.15) is 5.82 Å². The molecule has 0 fully saturated rings. The lowest BCUT2D eigenvalue weighted by atomic mass is 10.3. The van der Waals surface area contributed by atoms with Crippen LogP contribution in [0.25, 0.3) is 11.0 Å². The number of aliphatic hydroxyl groups is 1. The third-order valence-corrected chi connectivity index (χ3v) is 2.55. The molecule has 2 rings (SSSR count). The number of halogens is 3. The quantitative estimate of drug-likeness (QED) is 0.881. The molecule has 0 spiro atoms. The lowest BCUT2D eigenvalue weighted by Crippen LogP contribution is -2.23. The first-order valence-corrected chi connectivity index (χ1v) is 5.15. The third-order valence-electron chi connectivity index (χ3n) is 2.55. The van der Waals surface area contributed by atoms with Crippen LogP contribution < -0.4 is 0 Å². The van der Waals surface area contributed by atoms with Gasteiger partial charge < -0.3 is 9.67 Å². The van der Waals surface area contributed by atoms with Crippen molar-refractivity contribution in [2.45, 2.75) is 25.7 Å². The van der Waals surface area contributed by atoms with Crippen LogP contribution in [-0.2, 0) is 6.54 Å². The molecule has 1 atom stereocenters. The maximum Gasteiger partial charge on any atom is 0.421 e. The van der Waals surface area contributed by atoms with E-state index in [-0.39, 0.29) is 5.82 Å². The molecule has 1 heterocycles. The van der Waals surface area contributed by atoms with Crippen molar-refractivity contribution in [3.8, 4) is 0 Å². The number of nitrogens with zero attached hydrogens (tertiary/aromatic N) is 2. The summed E-state index contributed by atoms with van der Waals surface area (Å²) in [5.41, 5.74) is 1.04. The van der Waals surface area contributed by atoms with Crippen LogP contribution in [0.15, 0.2) is 24.3 Å². The molecule has 0 aliphatic rings. The number of alkyl halides is 3. The van der Waals surface area contributed by atoms with E-state index in [1.54, 1.807) is 31.2 Å². The Kier molecular flexibility index (Phi) is 2.82. The van der Waals surface area contributed by atoms with Crippen LogP contribution in [0.1, 0.15) is 18.9 Å². The Hall–Kier alpha value is -1.56. The highest BCUT2D eigenvalue weighted by Crippen LogP contribution is 2.33. The first kappa shape index (κ1) is 11.9. The molecule has 1 aromatic carbocycles. The van der Waals surface area contributed by atoms with Crippen molar-refractivity contribution in [2.24, 2.45) is 0 Å². The summed E-state index contributed by atoms with van der Waals surface area (Å²) < 4.78 is 38.8. The molecular formula is C11H11F3N2O. The summed E-state index contributed by atoms with van der Waals surface area (Å²) >= 11 is 0.